The number of nitrogens with one attached hydrogen (secondary N) is 1. The molecule has 4 heteroatoms. The van der Waals surface area contributed by atoms with E-state index in [9.17, 15) is 4.79 Å². The van der Waals surface area contributed by atoms with Crippen LogP contribution in [0.4, 0.5) is 0 Å². The maximum absolute atomic E-state index is 10.7. The maximum Gasteiger partial charge on any atom is 0.139 e. The first-order valence-corrected chi connectivity index (χ1v) is 4.41. The zero-order valence-electron chi connectivity index (χ0n) is 7.03. The molecule has 0 spiro atoms. The summed E-state index contributed by atoms with van der Waals surface area (Å²) in [6.45, 7) is 4.24. The Bertz CT molecular complexity index is 172. The number of ether oxygens (including phenoxy) is 1. The summed E-state index contributed by atoms with van der Waals surface area (Å²) in [5.41, 5.74) is 0. The second kappa shape index (κ2) is 3.51. The van der Waals surface area contributed by atoms with Gasteiger partial charge in [0.2, 0.25) is 0 Å². The lowest BCUT2D eigenvalue weighted by Crippen LogP contribution is -2.61. The zero-order chi connectivity index (χ0) is 8.39. The number of hydrogen-bond donors (Lipinski definition) is 1. The SMILES string of the molecule is O=CC1COC[C@H]2CNCCN12. The number of fused-ring (bicyclic) bond motifs is 1. The molecule has 2 heterocycles. The second-order valence-corrected chi connectivity index (χ2v) is 3.34. The summed E-state index contributed by atoms with van der Waals surface area (Å²) in [7, 11) is 0. The van der Waals surface area contributed by atoms with Gasteiger partial charge >= 0.3 is 0 Å². The zero-order valence-corrected chi connectivity index (χ0v) is 7.03. The van der Waals surface area contributed by atoms with E-state index >= 15 is 0 Å². The van der Waals surface area contributed by atoms with Gasteiger partial charge in [-0.05, 0) is 0 Å². The molecule has 1 unspecified atom stereocenters. The van der Waals surface area contributed by atoms with Crippen LogP contribution in [0.5, 0.6) is 0 Å². The van der Waals surface area contributed by atoms with Crippen LogP contribution in [-0.4, -0.2) is 56.1 Å². The summed E-state index contributed by atoms with van der Waals surface area (Å²) in [6, 6.07) is 0.397. The smallest absolute Gasteiger partial charge is 0.139 e. The predicted octanol–water partition coefficient (Wildman–Crippen LogP) is -1.14. The van der Waals surface area contributed by atoms with E-state index < -0.39 is 0 Å². The molecular formula is C8H14N2O2. The van der Waals surface area contributed by atoms with Crippen LogP contribution in [0.15, 0.2) is 0 Å². The van der Waals surface area contributed by atoms with Gasteiger partial charge in [0.25, 0.3) is 0 Å². The van der Waals surface area contributed by atoms with Gasteiger partial charge in [0.1, 0.15) is 6.29 Å². The van der Waals surface area contributed by atoms with Crippen LogP contribution in [0.2, 0.25) is 0 Å². The Kier molecular flexibility index (Phi) is 2.39. The number of aldehydes is 1. The molecule has 2 atom stereocenters. The van der Waals surface area contributed by atoms with E-state index in [1.54, 1.807) is 0 Å². The third kappa shape index (κ3) is 1.37. The lowest BCUT2D eigenvalue weighted by molar-refractivity contribution is -0.123. The lowest BCUT2D eigenvalue weighted by atomic mass is 10.1. The Labute approximate surface area is 71.9 Å². The van der Waals surface area contributed by atoms with Crippen molar-refractivity contribution >= 4 is 6.29 Å². The molecule has 2 aliphatic rings. The van der Waals surface area contributed by atoms with Crippen LogP contribution in [-0.2, 0) is 9.53 Å². The van der Waals surface area contributed by atoms with E-state index in [1.165, 1.54) is 0 Å². The maximum atomic E-state index is 10.7. The van der Waals surface area contributed by atoms with Crippen LogP contribution >= 0.6 is 0 Å². The molecule has 0 aromatic rings. The van der Waals surface area contributed by atoms with Gasteiger partial charge in [-0.25, -0.2) is 0 Å². The van der Waals surface area contributed by atoms with Crippen LogP contribution in [0.1, 0.15) is 0 Å². The van der Waals surface area contributed by atoms with Gasteiger partial charge in [-0.2, -0.15) is 0 Å². The Balaban J connectivity index is 2.03. The molecule has 2 saturated heterocycles. The van der Waals surface area contributed by atoms with Gasteiger partial charge in [0.15, 0.2) is 0 Å². The van der Waals surface area contributed by atoms with E-state index in [2.05, 4.69) is 10.2 Å². The summed E-state index contributed by atoms with van der Waals surface area (Å²) in [5, 5.41) is 3.29. The van der Waals surface area contributed by atoms with E-state index in [1.807, 2.05) is 0 Å². The van der Waals surface area contributed by atoms with Gasteiger partial charge in [0, 0.05) is 25.7 Å². The second-order valence-electron chi connectivity index (χ2n) is 3.34. The standard InChI is InChI=1S/C8H14N2O2/c11-4-8-6-12-5-7-3-9-1-2-10(7)8/h4,7-9H,1-3,5-6H2/t7-,8?/m1/s1. The fraction of sp³-hybridized carbons (Fsp3) is 0.875. The quantitative estimate of drug-likeness (QED) is 0.505. The van der Waals surface area contributed by atoms with E-state index in [0.717, 1.165) is 32.5 Å². The number of nitrogens with zero attached hydrogens (tertiary/aromatic N) is 1. The molecular weight excluding hydrogens is 156 g/mol. The molecule has 12 heavy (non-hydrogen) atoms. The average Bonchev–Trinajstić information content (AvgIpc) is 2.17. The fourth-order valence-corrected chi connectivity index (χ4v) is 1.91. The van der Waals surface area contributed by atoms with E-state index in [0.29, 0.717) is 12.6 Å². The van der Waals surface area contributed by atoms with Crippen molar-refractivity contribution in [1.82, 2.24) is 10.2 Å². The first-order valence-electron chi connectivity index (χ1n) is 4.41. The van der Waals surface area contributed by atoms with Crippen molar-refractivity contribution in [2.75, 3.05) is 32.8 Å². The molecule has 4 nitrogen and oxygen atoms in total. The Morgan fingerprint density at radius 2 is 2.42 bits per heavy atom. The summed E-state index contributed by atoms with van der Waals surface area (Å²) < 4.78 is 5.33. The van der Waals surface area contributed by atoms with Crippen molar-refractivity contribution in [3.8, 4) is 0 Å². The largest absolute Gasteiger partial charge is 0.378 e. The first kappa shape index (κ1) is 8.16. The topological polar surface area (TPSA) is 41.6 Å². The van der Waals surface area contributed by atoms with Crippen molar-refractivity contribution in [2.24, 2.45) is 0 Å². The first-order chi connectivity index (χ1) is 5.92. The number of carbonyl (C=O) groups excluding carboxylic acids is 1. The third-order valence-electron chi connectivity index (χ3n) is 2.58. The predicted molar refractivity (Wildman–Crippen MR) is 44.0 cm³/mol. The van der Waals surface area contributed by atoms with Gasteiger partial charge in [0.05, 0.1) is 19.3 Å². The molecule has 0 radical (unpaired) electrons. The van der Waals surface area contributed by atoms with E-state index in [-0.39, 0.29) is 6.04 Å². The molecule has 2 aliphatic heterocycles. The Hall–Kier alpha value is -0.450. The highest BCUT2D eigenvalue weighted by Crippen LogP contribution is 2.13. The highest BCUT2D eigenvalue weighted by Gasteiger charge is 2.32. The molecule has 68 valence electrons. The minimum absolute atomic E-state index is 0.00847. The molecule has 0 bridgehead atoms. The highest BCUT2D eigenvalue weighted by atomic mass is 16.5. The monoisotopic (exact) mass is 170 g/mol. The van der Waals surface area contributed by atoms with Crippen molar-refractivity contribution in [1.29, 1.82) is 0 Å². The molecule has 0 aromatic heterocycles. The van der Waals surface area contributed by atoms with Crippen molar-refractivity contribution in [2.45, 2.75) is 12.1 Å². The molecule has 2 fully saturated rings. The Morgan fingerprint density at radius 3 is 3.25 bits per heavy atom. The van der Waals surface area contributed by atoms with Crippen molar-refractivity contribution in [3.63, 3.8) is 0 Å². The minimum atomic E-state index is -0.00847. The van der Waals surface area contributed by atoms with Crippen LogP contribution in [0.25, 0.3) is 0 Å². The van der Waals surface area contributed by atoms with Crippen LogP contribution < -0.4 is 5.32 Å². The van der Waals surface area contributed by atoms with Crippen LogP contribution in [0.3, 0.4) is 0 Å². The number of morpholine rings is 1. The summed E-state index contributed by atoms with van der Waals surface area (Å²) in [4.78, 5) is 12.9. The molecule has 0 amide bonds. The fourth-order valence-electron chi connectivity index (χ4n) is 1.91. The number of piperazine rings is 1. The molecule has 2 rings (SSSR count). The van der Waals surface area contributed by atoms with Gasteiger partial charge in [-0.15, -0.1) is 0 Å². The van der Waals surface area contributed by atoms with Crippen molar-refractivity contribution in [3.05, 3.63) is 0 Å². The molecule has 0 saturated carbocycles. The summed E-state index contributed by atoms with van der Waals surface area (Å²) >= 11 is 0. The third-order valence-corrected chi connectivity index (χ3v) is 2.58. The van der Waals surface area contributed by atoms with Gasteiger partial charge in [-0.3, -0.25) is 4.90 Å². The summed E-state index contributed by atoms with van der Waals surface area (Å²) in [5.74, 6) is 0. The Morgan fingerprint density at radius 1 is 1.50 bits per heavy atom. The normalized spacial score (nSPS) is 37.3. The number of carbonyl (C=O) groups is 1. The average molecular weight is 170 g/mol. The summed E-state index contributed by atoms with van der Waals surface area (Å²) in [6.07, 6.45) is 0.998. The van der Waals surface area contributed by atoms with Crippen LogP contribution in [0, 0.1) is 0 Å². The van der Waals surface area contributed by atoms with Crippen molar-refractivity contribution < 1.29 is 9.53 Å². The van der Waals surface area contributed by atoms with E-state index in [4.69, 9.17) is 4.74 Å². The minimum Gasteiger partial charge on any atom is -0.378 e. The van der Waals surface area contributed by atoms with Gasteiger partial charge < -0.3 is 14.8 Å². The molecule has 0 aliphatic carbocycles. The number of rotatable bonds is 1. The number of hydrogen-bond acceptors (Lipinski definition) is 4. The molecule has 0 aromatic carbocycles. The lowest BCUT2D eigenvalue weighted by Gasteiger charge is -2.42. The highest BCUT2D eigenvalue weighted by molar-refractivity contribution is 5.58. The molecule has 1 N–H and O–H groups in total. The van der Waals surface area contributed by atoms with Gasteiger partial charge in [-0.1, -0.05) is 0 Å².